The van der Waals surface area contributed by atoms with Crippen LogP contribution in [0.5, 0.6) is 0 Å². The molecule has 1 saturated heterocycles. The normalized spacial score (nSPS) is 30.6. The number of fused-ring (bicyclic) bond motifs is 2. The molecule has 1 saturated carbocycles. The lowest BCUT2D eigenvalue weighted by Crippen LogP contribution is -2.34. The van der Waals surface area contributed by atoms with Crippen molar-refractivity contribution < 1.29 is 0 Å². The SMILES string of the molecule is CC(C)CNCCCN1CC2CCC1C2. The number of hydrogen-bond donors (Lipinski definition) is 1. The van der Waals surface area contributed by atoms with Gasteiger partial charge in [0.1, 0.15) is 0 Å². The van der Waals surface area contributed by atoms with Gasteiger partial charge in [0.05, 0.1) is 0 Å². The Balaban J connectivity index is 1.51. The minimum atomic E-state index is 0.785. The van der Waals surface area contributed by atoms with Crippen molar-refractivity contribution in [2.45, 2.75) is 45.6 Å². The fourth-order valence-electron chi connectivity index (χ4n) is 3.10. The summed E-state index contributed by atoms with van der Waals surface area (Å²) in [7, 11) is 0. The van der Waals surface area contributed by atoms with Gasteiger partial charge in [0, 0.05) is 12.6 Å². The van der Waals surface area contributed by atoms with Gasteiger partial charge in [-0.2, -0.15) is 0 Å². The molecule has 1 aliphatic carbocycles. The van der Waals surface area contributed by atoms with E-state index >= 15 is 0 Å². The van der Waals surface area contributed by atoms with Crippen LogP contribution in [0.2, 0.25) is 0 Å². The lowest BCUT2D eigenvalue weighted by molar-refractivity contribution is 0.210. The second-order valence-corrected chi connectivity index (χ2v) is 5.78. The fourth-order valence-corrected chi connectivity index (χ4v) is 3.10. The molecule has 1 N–H and O–H groups in total. The van der Waals surface area contributed by atoms with Crippen molar-refractivity contribution >= 4 is 0 Å². The second kappa shape index (κ2) is 5.31. The molecule has 0 amide bonds. The van der Waals surface area contributed by atoms with E-state index < -0.39 is 0 Å². The molecule has 2 heteroatoms. The van der Waals surface area contributed by atoms with Crippen molar-refractivity contribution in [2.75, 3.05) is 26.2 Å². The molecule has 0 aromatic rings. The first kappa shape index (κ1) is 11.4. The van der Waals surface area contributed by atoms with E-state index in [-0.39, 0.29) is 0 Å². The zero-order valence-electron chi connectivity index (χ0n) is 10.3. The first-order valence-electron chi connectivity index (χ1n) is 6.70. The van der Waals surface area contributed by atoms with E-state index in [1.165, 1.54) is 51.9 Å². The van der Waals surface area contributed by atoms with Crippen molar-refractivity contribution in [3.8, 4) is 0 Å². The predicted octanol–water partition coefficient (Wildman–Crippen LogP) is 2.11. The summed E-state index contributed by atoms with van der Waals surface area (Å²) in [6.07, 6.45) is 5.81. The molecule has 2 bridgehead atoms. The summed E-state index contributed by atoms with van der Waals surface area (Å²) in [6, 6.07) is 0.958. The zero-order valence-corrected chi connectivity index (χ0v) is 10.3. The number of rotatable bonds is 6. The van der Waals surface area contributed by atoms with Gasteiger partial charge in [0.25, 0.3) is 0 Å². The summed E-state index contributed by atoms with van der Waals surface area (Å²) in [5.74, 6) is 1.84. The van der Waals surface area contributed by atoms with Crippen LogP contribution in [0.15, 0.2) is 0 Å². The van der Waals surface area contributed by atoms with Gasteiger partial charge in [-0.1, -0.05) is 13.8 Å². The third-order valence-electron chi connectivity index (χ3n) is 3.87. The van der Waals surface area contributed by atoms with Crippen LogP contribution in [0.1, 0.15) is 39.5 Å². The van der Waals surface area contributed by atoms with E-state index in [9.17, 15) is 0 Å². The average molecular weight is 210 g/mol. The minimum Gasteiger partial charge on any atom is -0.316 e. The highest BCUT2D eigenvalue weighted by atomic mass is 15.2. The van der Waals surface area contributed by atoms with Gasteiger partial charge in [0.2, 0.25) is 0 Å². The quantitative estimate of drug-likeness (QED) is 0.676. The van der Waals surface area contributed by atoms with Gasteiger partial charge in [0.15, 0.2) is 0 Å². The van der Waals surface area contributed by atoms with Crippen molar-refractivity contribution in [3.05, 3.63) is 0 Å². The summed E-state index contributed by atoms with van der Waals surface area (Å²) in [6.45, 7) is 9.64. The molecule has 2 nitrogen and oxygen atoms in total. The molecule has 0 radical (unpaired) electrons. The smallest absolute Gasteiger partial charge is 0.00986 e. The Kier molecular flexibility index (Phi) is 4.04. The molecule has 2 aliphatic rings. The lowest BCUT2D eigenvalue weighted by atomic mass is 10.1. The maximum Gasteiger partial charge on any atom is 0.00986 e. The lowest BCUT2D eigenvalue weighted by Gasteiger charge is -2.26. The molecule has 15 heavy (non-hydrogen) atoms. The predicted molar refractivity (Wildman–Crippen MR) is 65.0 cm³/mol. The Morgan fingerprint density at radius 2 is 2.20 bits per heavy atom. The van der Waals surface area contributed by atoms with Crippen LogP contribution < -0.4 is 5.32 Å². The van der Waals surface area contributed by atoms with Crippen molar-refractivity contribution in [1.82, 2.24) is 10.2 Å². The number of piperidine rings is 1. The van der Waals surface area contributed by atoms with Crippen molar-refractivity contribution in [2.24, 2.45) is 11.8 Å². The number of nitrogens with zero attached hydrogens (tertiary/aromatic N) is 1. The fraction of sp³-hybridized carbons (Fsp3) is 1.00. The highest BCUT2D eigenvalue weighted by Gasteiger charge is 2.36. The summed E-state index contributed by atoms with van der Waals surface area (Å²) >= 11 is 0. The van der Waals surface area contributed by atoms with Crippen LogP contribution in [0.25, 0.3) is 0 Å². The molecule has 0 aromatic carbocycles. The van der Waals surface area contributed by atoms with Crippen LogP contribution in [0.4, 0.5) is 0 Å². The first-order chi connectivity index (χ1) is 7.25. The highest BCUT2D eigenvalue weighted by molar-refractivity contribution is 4.91. The van der Waals surface area contributed by atoms with Gasteiger partial charge >= 0.3 is 0 Å². The largest absolute Gasteiger partial charge is 0.316 e. The molecule has 1 heterocycles. The molecular formula is C13H26N2. The molecule has 2 rings (SSSR count). The Hall–Kier alpha value is -0.0800. The van der Waals surface area contributed by atoms with Crippen LogP contribution in [0.3, 0.4) is 0 Å². The van der Waals surface area contributed by atoms with E-state index in [1.54, 1.807) is 0 Å². The van der Waals surface area contributed by atoms with Crippen LogP contribution in [0, 0.1) is 11.8 Å². The third-order valence-corrected chi connectivity index (χ3v) is 3.87. The summed E-state index contributed by atoms with van der Waals surface area (Å²) in [5, 5.41) is 3.53. The van der Waals surface area contributed by atoms with E-state index in [0.717, 1.165) is 17.9 Å². The van der Waals surface area contributed by atoms with E-state index in [1.807, 2.05) is 0 Å². The molecule has 0 spiro atoms. The highest BCUT2D eigenvalue weighted by Crippen LogP contribution is 2.37. The van der Waals surface area contributed by atoms with Gasteiger partial charge in [-0.15, -0.1) is 0 Å². The molecule has 0 aromatic heterocycles. The topological polar surface area (TPSA) is 15.3 Å². The summed E-state index contributed by atoms with van der Waals surface area (Å²) in [4.78, 5) is 2.73. The summed E-state index contributed by atoms with van der Waals surface area (Å²) in [5.41, 5.74) is 0. The Morgan fingerprint density at radius 1 is 1.33 bits per heavy atom. The maximum absolute atomic E-state index is 3.53. The summed E-state index contributed by atoms with van der Waals surface area (Å²) < 4.78 is 0. The van der Waals surface area contributed by atoms with Gasteiger partial charge in [-0.05, 0) is 57.2 Å². The van der Waals surface area contributed by atoms with E-state index in [2.05, 4.69) is 24.1 Å². The minimum absolute atomic E-state index is 0.785. The monoisotopic (exact) mass is 210 g/mol. The Labute approximate surface area is 94.4 Å². The maximum atomic E-state index is 3.53. The van der Waals surface area contributed by atoms with Crippen molar-refractivity contribution in [3.63, 3.8) is 0 Å². The number of hydrogen-bond acceptors (Lipinski definition) is 2. The van der Waals surface area contributed by atoms with Gasteiger partial charge < -0.3 is 10.2 Å². The van der Waals surface area contributed by atoms with E-state index in [0.29, 0.717) is 0 Å². The number of nitrogens with one attached hydrogen (secondary N) is 1. The molecule has 88 valence electrons. The zero-order chi connectivity index (χ0) is 10.7. The van der Waals surface area contributed by atoms with Crippen LogP contribution in [-0.4, -0.2) is 37.1 Å². The third kappa shape index (κ3) is 3.18. The first-order valence-corrected chi connectivity index (χ1v) is 6.70. The standard InChI is InChI=1S/C13H26N2/c1-11(2)9-14-6-3-7-15-10-12-4-5-13(15)8-12/h11-14H,3-10H2,1-2H3. The molecular weight excluding hydrogens is 184 g/mol. The molecule has 1 aliphatic heterocycles. The average Bonchev–Trinajstić information content (AvgIpc) is 2.78. The Bertz CT molecular complexity index is 191. The molecule has 2 fully saturated rings. The van der Waals surface area contributed by atoms with Crippen LogP contribution in [-0.2, 0) is 0 Å². The second-order valence-electron chi connectivity index (χ2n) is 5.78. The van der Waals surface area contributed by atoms with E-state index in [4.69, 9.17) is 0 Å². The molecule has 2 atom stereocenters. The van der Waals surface area contributed by atoms with Gasteiger partial charge in [-0.3, -0.25) is 0 Å². The number of likely N-dealkylation sites (tertiary alicyclic amines) is 1. The van der Waals surface area contributed by atoms with Crippen molar-refractivity contribution in [1.29, 1.82) is 0 Å². The van der Waals surface area contributed by atoms with Gasteiger partial charge in [-0.25, -0.2) is 0 Å². The molecule has 2 unspecified atom stereocenters. The Morgan fingerprint density at radius 3 is 2.80 bits per heavy atom. The van der Waals surface area contributed by atoms with Crippen LogP contribution >= 0.6 is 0 Å².